The number of nitrogens with one attached hydrogen (secondary N) is 4. The molecule has 0 aromatic heterocycles. The molecule has 4 N–H and O–H groups in total. The summed E-state index contributed by atoms with van der Waals surface area (Å²) in [5.74, 6) is -2.74. The molecule has 2 aliphatic heterocycles. The normalized spacial score (nSPS) is 28.4. The second kappa shape index (κ2) is 14.5. The van der Waals surface area contributed by atoms with Crippen LogP contribution in [-0.4, -0.2) is 84.1 Å². The van der Waals surface area contributed by atoms with Gasteiger partial charge in [-0.1, -0.05) is 44.1 Å². The molecule has 5 atom stereocenters. The Morgan fingerprint density at radius 1 is 1.02 bits per heavy atom. The minimum atomic E-state index is -3.88. The molecule has 0 radical (unpaired) electrons. The summed E-state index contributed by atoms with van der Waals surface area (Å²) in [6.07, 6.45) is 8.20. The lowest BCUT2D eigenvalue weighted by Gasteiger charge is -2.30. The number of fused-ring (bicyclic) bond motifs is 2. The molecule has 49 heavy (non-hydrogen) atoms. The van der Waals surface area contributed by atoms with E-state index in [1.165, 1.54) is 4.90 Å². The first-order chi connectivity index (χ1) is 23.1. The number of carbonyl (C=O) groups is 5. The van der Waals surface area contributed by atoms with Crippen molar-refractivity contribution in [2.75, 3.05) is 6.54 Å². The van der Waals surface area contributed by atoms with Gasteiger partial charge in [0.2, 0.25) is 21.8 Å². The summed E-state index contributed by atoms with van der Waals surface area (Å²) >= 11 is 0. The minimum absolute atomic E-state index is 0.0131. The molecule has 1 aromatic rings. The van der Waals surface area contributed by atoms with E-state index in [1.54, 1.807) is 32.9 Å². The van der Waals surface area contributed by atoms with Gasteiger partial charge in [-0.3, -0.25) is 23.9 Å². The lowest BCUT2D eigenvalue weighted by atomic mass is 10.0. The zero-order chi connectivity index (χ0) is 35.6. The number of sulfonamides is 1. The minimum Gasteiger partial charge on any atom is -0.444 e. The van der Waals surface area contributed by atoms with Gasteiger partial charge in [0, 0.05) is 24.1 Å². The van der Waals surface area contributed by atoms with Crippen LogP contribution in [0, 0.1) is 5.92 Å². The van der Waals surface area contributed by atoms with Crippen molar-refractivity contribution >= 4 is 39.7 Å². The number of hydrogen-bond acceptors (Lipinski definition) is 8. The molecule has 5 rings (SSSR count). The van der Waals surface area contributed by atoms with Crippen molar-refractivity contribution in [3.8, 4) is 0 Å². The van der Waals surface area contributed by atoms with Gasteiger partial charge in [-0.05, 0) is 89.8 Å². The van der Waals surface area contributed by atoms with Crippen molar-refractivity contribution < 1.29 is 37.1 Å². The third-order valence-corrected chi connectivity index (χ3v) is 11.4. The van der Waals surface area contributed by atoms with Gasteiger partial charge in [-0.25, -0.2) is 13.2 Å². The highest BCUT2D eigenvalue weighted by molar-refractivity contribution is 7.91. The molecule has 2 saturated carbocycles. The largest absolute Gasteiger partial charge is 0.444 e. The SMILES string of the molecule is CCc1ccc(C(=O)N[C@@H]2C[C@H]3C(=O)N[C@]4(C(=O)NS(=O)(=O)C5CC5)C[C@@H]4/C=C\CCCCC[C@H](NC(=O)OC(C)(C)C)C(=O)N3C2)cc1. The van der Waals surface area contributed by atoms with Gasteiger partial charge in [0.25, 0.3) is 11.8 Å². The van der Waals surface area contributed by atoms with Crippen LogP contribution in [0.2, 0.25) is 0 Å². The second-order valence-corrected chi connectivity index (χ2v) is 16.6. The Hall–Kier alpha value is -3.94. The van der Waals surface area contributed by atoms with Crippen LogP contribution in [0.25, 0.3) is 0 Å². The maximum Gasteiger partial charge on any atom is 0.408 e. The average molecular weight is 700 g/mol. The van der Waals surface area contributed by atoms with Crippen LogP contribution in [0.4, 0.5) is 4.79 Å². The molecule has 1 saturated heterocycles. The van der Waals surface area contributed by atoms with Gasteiger partial charge < -0.3 is 25.6 Å². The molecule has 5 amide bonds. The summed E-state index contributed by atoms with van der Waals surface area (Å²) in [4.78, 5) is 69.4. The van der Waals surface area contributed by atoms with E-state index in [0.717, 1.165) is 24.8 Å². The van der Waals surface area contributed by atoms with Crippen LogP contribution in [0.3, 0.4) is 0 Å². The summed E-state index contributed by atoms with van der Waals surface area (Å²) < 4.78 is 33.1. The number of rotatable bonds is 7. The predicted molar refractivity (Wildman–Crippen MR) is 182 cm³/mol. The number of amides is 5. The third kappa shape index (κ3) is 9.00. The van der Waals surface area contributed by atoms with Crippen LogP contribution < -0.4 is 20.7 Å². The smallest absolute Gasteiger partial charge is 0.408 e. The van der Waals surface area contributed by atoms with Crippen LogP contribution >= 0.6 is 0 Å². The topological polar surface area (TPSA) is 180 Å². The Bertz CT molecular complexity index is 1580. The van der Waals surface area contributed by atoms with Gasteiger partial charge in [0.05, 0.1) is 5.25 Å². The van der Waals surface area contributed by atoms with Crippen molar-refractivity contribution in [3.63, 3.8) is 0 Å². The number of nitrogens with zero attached hydrogens (tertiary/aromatic N) is 1. The predicted octanol–water partition coefficient (Wildman–Crippen LogP) is 2.85. The van der Waals surface area contributed by atoms with E-state index in [0.29, 0.717) is 37.7 Å². The third-order valence-electron chi connectivity index (χ3n) is 9.53. The Morgan fingerprint density at radius 3 is 2.39 bits per heavy atom. The molecule has 0 spiro atoms. The van der Waals surface area contributed by atoms with Crippen molar-refractivity contribution in [2.45, 2.75) is 126 Å². The molecular formula is C35H49N5O8S. The van der Waals surface area contributed by atoms with Gasteiger partial charge >= 0.3 is 6.09 Å². The monoisotopic (exact) mass is 699 g/mol. The molecule has 2 aliphatic carbocycles. The van der Waals surface area contributed by atoms with Crippen molar-refractivity contribution in [1.82, 2.24) is 25.6 Å². The highest BCUT2D eigenvalue weighted by atomic mass is 32.2. The van der Waals surface area contributed by atoms with Crippen molar-refractivity contribution in [1.29, 1.82) is 0 Å². The molecular weight excluding hydrogens is 650 g/mol. The van der Waals surface area contributed by atoms with Crippen molar-refractivity contribution in [3.05, 3.63) is 47.5 Å². The Balaban J connectivity index is 1.42. The molecule has 0 unspecified atom stereocenters. The first-order valence-electron chi connectivity index (χ1n) is 17.4. The number of ether oxygens (including phenoxy) is 1. The molecule has 0 bridgehead atoms. The van der Waals surface area contributed by atoms with E-state index < -0.39 is 74.3 Å². The number of benzene rings is 1. The van der Waals surface area contributed by atoms with E-state index in [1.807, 2.05) is 31.2 Å². The fraction of sp³-hybridized carbons (Fsp3) is 0.629. The maximum atomic E-state index is 14.3. The van der Waals surface area contributed by atoms with Gasteiger partial charge in [-0.15, -0.1) is 0 Å². The Kier molecular flexibility index (Phi) is 10.8. The number of hydrogen-bond donors (Lipinski definition) is 4. The van der Waals surface area contributed by atoms with E-state index >= 15 is 0 Å². The number of alkyl carbamates (subject to hydrolysis) is 1. The quantitative estimate of drug-likeness (QED) is 0.314. The molecule has 13 nitrogen and oxygen atoms in total. The van der Waals surface area contributed by atoms with Gasteiger partial charge in [0.1, 0.15) is 23.2 Å². The number of carbonyl (C=O) groups excluding carboxylic acids is 5. The summed E-state index contributed by atoms with van der Waals surface area (Å²) in [6, 6.07) is 4.45. The lowest BCUT2D eigenvalue weighted by Crippen LogP contribution is -2.58. The lowest BCUT2D eigenvalue weighted by molar-refractivity contribution is -0.141. The first-order valence-corrected chi connectivity index (χ1v) is 18.9. The molecule has 2 heterocycles. The van der Waals surface area contributed by atoms with Gasteiger partial charge in [-0.2, -0.15) is 0 Å². The summed E-state index contributed by atoms with van der Waals surface area (Å²) in [5.41, 5.74) is -0.795. The fourth-order valence-electron chi connectivity index (χ4n) is 6.52. The Labute approximate surface area is 288 Å². The Morgan fingerprint density at radius 2 is 1.73 bits per heavy atom. The van der Waals surface area contributed by atoms with Crippen LogP contribution in [0.5, 0.6) is 0 Å². The molecule has 14 heteroatoms. The van der Waals surface area contributed by atoms with E-state index in [-0.39, 0.29) is 25.3 Å². The van der Waals surface area contributed by atoms with E-state index in [4.69, 9.17) is 4.74 Å². The summed E-state index contributed by atoms with van der Waals surface area (Å²) in [6.45, 7) is 7.15. The van der Waals surface area contributed by atoms with Gasteiger partial charge in [0.15, 0.2) is 0 Å². The number of aryl methyl sites for hydroxylation is 1. The molecule has 4 aliphatic rings. The fourth-order valence-corrected chi connectivity index (χ4v) is 7.88. The molecule has 268 valence electrons. The van der Waals surface area contributed by atoms with E-state index in [9.17, 15) is 32.4 Å². The number of allylic oxidation sites excluding steroid dienone is 1. The highest BCUT2D eigenvalue weighted by Gasteiger charge is 2.62. The average Bonchev–Trinajstić information content (AvgIpc) is 3.95. The zero-order valence-corrected chi connectivity index (χ0v) is 29.6. The van der Waals surface area contributed by atoms with Crippen molar-refractivity contribution in [2.24, 2.45) is 5.92 Å². The van der Waals surface area contributed by atoms with E-state index in [2.05, 4.69) is 20.7 Å². The molecule has 1 aromatic carbocycles. The van der Waals surface area contributed by atoms with Crippen LogP contribution in [0.1, 0.15) is 101 Å². The standard InChI is InChI=1S/C35H49N5O8S/c1-5-22-13-15-23(16-14-22)29(41)36-25-19-28-30(42)38-35(32(44)39-49(46,47)26-17-18-26)20-24(35)11-9-7-6-8-10-12-27(31(43)40(28)21-25)37-33(45)48-34(2,3)4/h9,11,13-16,24-28H,5-8,10,12,17-21H2,1-4H3,(H,36,41)(H,37,45)(H,38,42)(H,39,44)/b11-9-/t24-,25+,27-,28-,35+/m0/s1. The second-order valence-electron chi connectivity index (χ2n) is 14.7. The summed E-state index contributed by atoms with van der Waals surface area (Å²) in [7, 11) is -3.88. The van der Waals surface area contributed by atoms with Crippen LogP contribution in [0.15, 0.2) is 36.4 Å². The zero-order valence-electron chi connectivity index (χ0n) is 28.8. The van der Waals surface area contributed by atoms with Crippen LogP contribution in [-0.2, 0) is 35.6 Å². The molecule has 3 fully saturated rings. The first kappa shape index (κ1) is 36.3. The highest BCUT2D eigenvalue weighted by Crippen LogP contribution is 2.46. The summed E-state index contributed by atoms with van der Waals surface area (Å²) in [5, 5.41) is 7.86. The maximum absolute atomic E-state index is 14.3.